The van der Waals surface area contributed by atoms with Gasteiger partial charge in [0, 0.05) is 55.6 Å². The number of fused-ring (bicyclic) bond motifs is 3. The average Bonchev–Trinajstić information content (AvgIpc) is 3.74. The lowest BCUT2D eigenvalue weighted by atomic mass is 9.92. The molecule has 0 radical (unpaired) electrons. The third-order valence-electron chi connectivity index (χ3n) is 10.5. The first-order chi connectivity index (χ1) is 23.7. The summed E-state index contributed by atoms with van der Waals surface area (Å²) in [6.07, 6.45) is 1.82. The Bertz CT molecular complexity index is 2010. The Morgan fingerprint density at radius 3 is 2.94 bits per heavy atom. The van der Waals surface area contributed by atoms with E-state index in [1.165, 1.54) is 12.1 Å². The van der Waals surface area contributed by atoms with E-state index in [1.54, 1.807) is 0 Å². The fraction of sp³-hybridized carbons (Fsp3) is 0.500. The normalized spacial score (nSPS) is 25.1. The molecule has 8 rings (SSSR count). The summed E-state index contributed by atoms with van der Waals surface area (Å²) in [7, 11) is 1.86. The second-order valence-corrected chi connectivity index (χ2v) is 14.7. The number of anilines is 2. The van der Waals surface area contributed by atoms with Gasteiger partial charge in [0.05, 0.1) is 39.4 Å². The maximum absolute atomic E-state index is 17.3. The van der Waals surface area contributed by atoms with Crippen molar-refractivity contribution in [3.05, 3.63) is 34.4 Å². The lowest BCUT2D eigenvalue weighted by Crippen LogP contribution is -2.51. The summed E-state index contributed by atoms with van der Waals surface area (Å²) in [4.78, 5) is 13.8. The number of alkyl halides is 1. The summed E-state index contributed by atoms with van der Waals surface area (Å²) in [6.45, 7) is 3.66. The molecule has 49 heavy (non-hydrogen) atoms. The van der Waals surface area contributed by atoms with Crippen LogP contribution in [-0.4, -0.2) is 92.3 Å². The van der Waals surface area contributed by atoms with Gasteiger partial charge in [-0.05, 0) is 44.5 Å². The maximum atomic E-state index is 17.3. The van der Waals surface area contributed by atoms with Crippen LogP contribution in [-0.2, 0) is 4.74 Å². The van der Waals surface area contributed by atoms with Gasteiger partial charge in [-0.3, -0.25) is 4.90 Å². The van der Waals surface area contributed by atoms with Gasteiger partial charge in [-0.15, -0.1) is 11.3 Å². The number of nitrogen functional groups attached to an aromatic ring is 1. The molecule has 2 aromatic heterocycles. The standard InChI is InChI=1S/C34H35ClF3N7O3S/c1-41-7-9-45-22-5-10-46-14-17(22)15-47-29-25-28(42-33(43-32(25)45)48-16-34-6-2-8-44(34)13-18(36)11-34)27(38)24(26(29)35)19-3-4-21(37)30-23(19)20(12-39)31(40)49-30/h3-4,17-18,22,41H,2,5-11,13-16,40H2,1H3/t17?,18-,22?,34+/m1/s1. The average molecular weight is 714 g/mol. The van der Waals surface area contributed by atoms with E-state index in [0.717, 1.165) is 30.7 Å². The van der Waals surface area contributed by atoms with Crippen LogP contribution in [0.15, 0.2) is 12.1 Å². The van der Waals surface area contributed by atoms with Crippen molar-refractivity contribution in [2.24, 2.45) is 5.92 Å². The number of nitrogens with one attached hydrogen (secondary N) is 1. The summed E-state index contributed by atoms with van der Waals surface area (Å²) in [5.41, 5.74) is 5.67. The quantitative estimate of drug-likeness (QED) is 0.248. The zero-order valence-corrected chi connectivity index (χ0v) is 28.4. The lowest BCUT2D eigenvalue weighted by Gasteiger charge is -2.42. The summed E-state index contributed by atoms with van der Waals surface area (Å²) >= 11 is 8.04. The fourth-order valence-corrected chi connectivity index (χ4v) is 9.53. The van der Waals surface area contributed by atoms with Gasteiger partial charge in [0.1, 0.15) is 41.0 Å². The Morgan fingerprint density at radius 2 is 2.12 bits per heavy atom. The number of halogens is 4. The number of nitrogens with zero attached hydrogens (tertiary/aromatic N) is 5. The number of aromatic nitrogens is 2. The van der Waals surface area contributed by atoms with E-state index < -0.39 is 23.3 Å². The highest BCUT2D eigenvalue weighted by atomic mass is 35.5. The first-order valence-electron chi connectivity index (χ1n) is 16.5. The van der Waals surface area contributed by atoms with Gasteiger partial charge in [-0.2, -0.15) is 15.2 Å². The number of hydrogen-bond acceptors (Lipinski definition) is 11. The van der Waals surface area contributed by atoms with Crippen LogP contribution in [0, 0.1) is 28.9 Å². The molecule has 258 valence electrons. The Labute approximate surface area is 289 Å². The van der Waals surface area contributed by atoms with Crippen molar-refractivity contribution < 1.29 is 27.4 Å². The number of nitriles is 1. The van der Waals surface area contributed by atoms with E-state index in [1.807, 2.05) is 13.1 Å². The zero-order valence-electron chi connectivity index (χ0n) is 26.8. The molecule has 0 bridgehead atoms. The molecule has 6 heterocycles. The molecule has 4 aromatic rings. The minimum Gasteiger partial charge on any atom is -0.491 e. The highest BCUT2D eigenvalue weighted by molar-refractivity contribution is 7.23. The predicted octanol–water partition coefficient (Wildman–Crippen LogP) is 5.68. The van der Waals surface area contributed by atoms with E-state index in [4.69, 9.17) is 36.5 Å². The molecule has 4 aliphatic heterocycles. The number of ether oxygens (including phenoxy) is 3. The van der Waals surface area contributed by atoms with Gasteiger partial charge < -0.3 is 30.2 Å². The first kappa shape index (κ1) is 32.6. The van der Waals surface area contributed by atoms with Crippen LogP contribution < -0.4 is 25.4 Å². The van der Waals surface area contributed by atoms with E-state index in [0.29, 0.717) is 51.5 Å². The molecule has 3 fully saturated rings. The summed E-state index contributed by atoms with van der Waals surface area (Å²) in [5, 5.41) is 13.7. The van der Waals surface area contributed by atoms with Crippen LogP contribution in [0.4, 0.5) is 24.0 Å². The molecule has 10 nitrogen and oxygen atoms in total. The molecule has 2 unspecified atom stereocenters. The Kier molecular flexibility index (Phi) is 8.39. The van der Waals surface area contributed by atoms with Crippen molar-refractivity contribution in [2.45, 2.75) is 43.4 Å². The van der Waals surface area contributed by atoms with E-state index in [-0.39, 0.29) is 84.6 Å². The number of hydrogen-bond donors (Lipinski definition) is 2. The van der Waals surface area contributed by atoms with Crippen molar-refractivity contribution in [1.82, 2.24) is 20.2 Å². The van der Waals surface area contributed by atoms with Crippen molar-refractivity contribution in [1.29, 1.82) is 5.26 Å². The van der Waals surface area contributed by atoms with E-state index in [9.17, 15) is 9.65 Å². The van der Waals surface area contributed by atoms with Crippen molar-refractivity contribution in [2.75, 3.05) is 70.3 Å². The van der Waals surface area contributed by atoms with Crippen LogP contribution in [0.2, 0.25) is 5.02 Å². The highest BCUT2D eigenvalue weighted by Gasteiger charge is 2.49. The van der Waals surface area contributed by atoms with Gasteiger partial charge in [0.25, 0.3) is 0 Å². The predicted molar refractivity (Wildman–Crippen MR) is 182 cm³/mol. The molecule has 15 heteroatoms. The van der Waals surface area contributed by atoms with Crippen molar-refractivity contribution in [3.63, 3.8) is 0 Å². The van der Waals surface area contributed by atoms with Gasteiger partial charge in [-0.1, -0.05) is 17.7 Å². The van der Waals surface area contributed by atoms with Crippen molar-refractivity contribution in [3.8, 4) is 29.0 Å². The monoisotopic (exact) mass is 713 g/mol. The maximum Gasteiger partial charge on any atom is 0.319 e. The van der Waals surface area contributed by atoms with Crippen LogP contribution in [0.25, 0.3) is 32.1 Å². The molecular weight excluding hydrogens is 679 g/mol. The molecule has 0 spiro atoms. The van der Waals surface area contributed by atoms with Crippen LogP contribution >= 0.6 is 22.9 Å². The Hall–Kier alpha value is -3.61. The fourth-order valence-electron chi connectivity index (χ4n) is 8.24. The number of nitrogens with two attached hydrogens (primary N) is 1. The number of thiophene rings is 1. The number of likely N-dealkylation sites (N-methyl/N-ethyl adjacent to an activating group) is 1. The molecule has 4 aliphatic rings. The SMILES string of the molecule is CNCCN1c2nc(OC[C@@]34CCCN3C[C@H](F)C4)nc3c(F)c(-c4ccc(F)c5sc(N)c(C#N)c45)c(Cl)c(c23)OCC2COCCC21. The summed E-state index contributed by atoms with van der Waals surface area (Å²) in [5.74, 6) is -0.879. The topological polar surface area (TPSA) is 122 Å². The number of rotatable bonds is 7. The molecule has 3 N–H and O–H groups in total. The molecule has 2 aromatic carbocycles. The lowest BCUT2D eigenvalue weighted by molar-refractivity contribution is 0.0196. The second-order valence-electron chi connectivity index (χ2n) is 13.3. The zero-order chi connectivity index (χ0) is 34.0. The minimum atomic E-state index is -0.948. The summed E-state index contributed by atoms with van der Waals surface area (Å²) in [6, 6.07) is 4.55. The smallest absolute Gasteiger partial charge is 0.319 e. The molecule has 4 atom stereocenters. The third-order valence-corrected chi connectivity index (χ3v) is 11.9. The highest BCUT2D eigenvalue weighted by Crippen LogP contribution is 2.51. The largest absolute Gasteiger partial charge is 0.491 e. The van der Waals surface area contributed by atoms with Crippen LogP contribution in [0.5, 0.6) is 11.8 Å². The van der Waals surface area contributed by atoms with Crippen LogP contribution in [0.1, 0.15) is 31.2 Å². The minimum absolute atomic E-state index is 0.0320. The summed E-state index contributed by atoms with van der Waals surface area (Å²) < 4.78 is 65.8. The molecular formula is C34H35ClF3N7O3S. The Morgan fingerprint density at radius 1 is 1.27 bits per heavy atom. The second kappa shape index (κ2) is 12.6. The van der Waals surface area contributed by atoms with Gasteiger partial charge in [0.2, 0.25) is 0 Å². The van der Waals surface area contributed by atoms with Gasteiger partial charge >= 0.3 is 6.01 Å². The molecule has 0 aliphatic carbocycles. The van der Waals surface area contributed by atoms with Gasteiger partial charge in [0.15, 0.2) is 11.6 Å². The molecule has 3 saturated heterocycles. The van der Waals surface area contributed by atoms with E-state index >= 15 is 8.78 Å². The van der Waals surface area contributed by atoms with Gasteiger partial charge in [-0.25, -0.2) is 13.2 Å². The molecule has 0 amide bonds. The van der Waals surface area contributed by atoms with Crippen molar-refractivity contribution >= 4 is 54.7 Å². The van der Waals surface area contributed by atoms with E-state index in [2.05, 4.69) is 20.1 Å². The molecule has 0 saturated carbocycles. The van der Waals surface area contributed by atoms with Crippen LogP contribution in [0.3, 0.4) is 0 Å². The first-order valence-corrected chi connectivity index (χ1v) is 17.7. The third kappa shape index (κ3) is 5.24. The number of benzene rings is 2. The Balaban J connectivity index is 1.37.